The number of likely N-dealkylation sites (N-methyl/N-ethyl adjacent to an activating group) is 1. The standard InChI is InChI=1S/C31H33NO6/c1-21-16-27(9-11-29(21)37-20-31(34)35)36-15-12-28(25-8-10-30-26(18-25)17-22(2)38-30)24-6-4-23(5-7-24)19-32(3)13-14-33/h4-12,16-18,33H,13-15,19-20H2,1-3H3,(H,34,35)/b28-12+. The van der Waals surface area contributed by atoms with E-state index in [-0.39, 0.29) is 13.2 Å². The van der Waals surface area contributed by atoms with Crippen molar-refractivity contribution in [3.05, 3.63) is 101 Å². The number of furan rings is 1. The summed E-state index contributed by atoms with van der Waals surface area (Å²) in [7, 11) is 1.99. The maximum absolute atomic E-state index is 10.8. The SMILES string of the molecule is Cc1cc2cc(/C(=C/COc3ccc(OCC(=O)O)c(C)c3)c3ccc(CN(C)CCO)cc3)ccc2o1. The number of hydrogen-bond donors (Lipinski definition) is 2. The Kier molecular flexibility index (Phi) is 8.84. The van der Waals surface area contributed by atoms with E-state index in [1.165, 1.54) is 5.56 Å². The maximum Gasteiger partial charge on any atom is 0.341 e. The van der Waals surface area contributed by atoms with Crippen LogP contribution in [0.3, 0.4) is 0 Å². The minimum Gasteiger partial charge on any atom is -0.489 e. The summed E-state index contributed by atoms with van der Waals surface area (Å²) < 4.78 is 17.1. The molecular weight excluding hydrogens is 482 g/mol. The van der Waals surface area contributed by atoms with Crippen molar-refractivity contribution in [2.24, 2.45) is 0 Å². The second kappa shape index (κ2) is 12.4. The van der Waals surface area contributed by atoms with Crippen LogP contribution in [0.2, 0.25) is 0 Å². The van der Waals surface area contributed by atoms with E-state index in [9.17, 15) is 9.90 Å². The first-order valence-electron chi connectivity index (χ1n) is 12.5. The fraction of sp³-hybridized carbons (Fsp3) is 0.258. The van der Waals surface area contributed by atoms with Crippen molar-refractivity contribution in [1.82, 2.24) is 4.90 Å². The Labute approximate surface area is 222 Å². The second-order valence-corrected chi connectivity index (χ2v) is 9.31. The van der Waals surface area contributed by atoms with Crippen LogP contribution in [0.5, 0.6) is 11.5 Å². The van der Waals surface area contributed by atoms with Crippen LogP contribution in [0.4, 0.5) is 0 Å². The molecule has 38 heavy (non-hydrogen) atoms. The van der Waals surface area contributed by atoms with E-state index >= 15 is 0 Å². The molecule has 0 saturated heterocycles. The van der Waals surface area contributed by atoms with E-state index in [1.807, 2.05) is 39.1 Å². The van der Waals surface area contributed by atoms with Gasteiger partial charge in [-0.05, 0) is 91.2 Å². The molecule has 1 heterocycles. The lowest BCUT2D eigenvalue weighted by Gasteiger charge is -2.16. The molecule has 1 aromatic heterocycles. The number of benzene rings is 3. The van der Waals surface area contributed by atoms with E-state index in [0.29, 0.717) is 24.7 Å². The van der Waals surface area contributed by atoms with Crippen LogP contribution in [-0.4, -0.2) is 54.5 Å². The summed E-state index contributed by atoms with van der Waals surface area (Å²) in [4.78, 5) is 12.9. The largest absolute Gasteiger partial charge is 0.489 e. The predicted octanol–water partition coefficient (Wildman–Crippen LogP) is 5.45. The summed E-state index contributed by atoms with van der Waals surface area (Å²) in [5.41, 5.74) is 5.98. The number of carboxylic acids is 1. The molecule has 0 radical (unpaired) electrons. The minimum absolute atomic E-state index is 0.134. The first kappa shape index (κ1) is 27.0. The van der Waals surface area contributed by atoms with Gasteiger partial charge in [-0.3, -0.25) is 4.90 Å². The molecule has 0 aliphatic rings. The van der Waals surface area contributed by atoms with Crippen LogP contribution >= 0.6 is 0 Å². The normalized spacial score (nSPS) is 11.8. The molecule has 7 nitrogen and oxygen atoms in total. The van der Waals surface area contributed by atoms with Crippen LogP contribution in [0.25, 0.3) is 16.5 Å². The number of fused-ring (bicyclic) bond motifs is 1. The Hall–Kier alpha value is -4.07. The van der Waals surface area contributed by atoms with Crippen molar-refractivity contribution in [1.29, 1.82) is 0 Å². The molecule has 3 aromatic carbocycles. The molecule has 2 N–H and O–H groups in total. The van der Waals surface area contributed by atoms with Crippen molar-refractivity contribution in [2.45, 2.75) is 20.4 Å². The minimum atomic E-state index is -1.02. The smallest absolute Gasteiger partial charge is 0.341 e. The highest BCUT2D eigenvalue weighted by Crippen LogP contribution is 2.29. The van der Waals surface area contributed by atoms with Gasteiger partial charge in [0.15, 0.2) is 6.61 Å². The Morgan fingerprint density at radius 1 is 0.974 bits per heavy atom. The van der Waals surface area contributed by atoms with Crippen LogP contribution in [0.15, 0.2) is 77.2 Å². The van der Waals surface area contributed by atoms with Gasteiger partial charge in [-0.15, -0.1) is 0 Å². The van der Waals surface area contributed by atoms with Gasteiger partial charge in [0.1, 0.15) is 29.4 Å². The third-order valence-corrected chi connectivity index (χ3v) is 6.18. The summed E-state index contributed by atoms with van der Waals surface area (Å²) in [5, 5.41) is 19.1. The number of aliphatic hydroxyl groups is 1. The number of carboxylic acid groups (broad SMARTS) is 1. The highest BCUT2D eigenvalue weighted by Gasteiger charge is 2.10. The predicted molar refractivity (Wildman–Crippen MR) is 148 cm³/mol. The number of ether oxygens (including phenoxy) is 2. The fourth-order valence-corrected chi connectivity index (χ4v) is 4.33. The zero-order chi connectivity index (χ0) is 27.1. The first-order valence-corrected chi connectivity index (χ1v) is 12.5. The van der Waals surface area contributed by atoms with E-state index in [0.717, 1.165) is 45.5 Å². The van der Waals surface area contributed by atoms with Gasteiger partial charge in [-0.25, -0.2) is 4.79 Å². The van der Waals surface area contributed by atoms with Gasteiger partial charge in [-0.2, -0.15) is 0 Å². The van der Waals surface area contributed by atoms with Crippen molar-refractivity contribution >= 4 is 22.5 Å². The number of carbonyl (C=O) groups is 1. The number of rotatable bonds is 12. The van der Waals surface area contributed by atoms with Crippen molar-refractivity contribution < 1.29 is 28.9 Å². The monoisotopic (exact) mass is 515 g/mol. The third kappa shape index (κ3) is 7.03. The number of aryl methyl sites for hydroxylation is 2. The van der Waals surface area contributed by atoms with Gasteiger partial charge in [-0.1, -0.05) is 30.3 Å². The van der Waals surface area contributed by atoms with Crippen LogP contribution < -0.4 is 9.47 Å². The van der Waals surface area contributed by atoms with E-state index in [2.05, 4.69) is 47.4 Å². The Balaban J connectivity index is 1.57. The lowest BCUT2D eigenvalue weighted by Crippen LogP contribution is -2.21. The van der Waals surface area contributed by atoms with Gasteiger partial charge in [0.25, 0.3) is 0 Å². The molecule has 198 valence electrons. The molecule has 0 spiro atoms. The zero-order valence-electron chi connectivity index (χ0n) is 21.9. The number of aliphatic carboxylic acids is 1. The number of nitrogens with zero attached hydrogens (tertiary/aromatic N) is 1. The second-order valence-electron chi connectivity index (χ2n) is 9.31. The quantitative estimate of drug-likeness (QED) is 0.259. The molecule has 0 aliphatic carbocycles. The van der Waals surface area contributed by atoms with E-state index in [1.54, 1.807) is 12.1 Å². The average molecular weight is 516 g/mol. The molecular formula is C31H33NO6. The van der Waals surface area contributed by atoms with Crippen molar-refractivity contribution in [2.75, 3.05) is 33.4 Å². The lowest BCUT2D eigenvalue weighted by molar-refractivity contribution is -0.139. The topological polar surface area (TPSA) is 92.4 Å². The third-order valence-electron chi connectivity index (χ3n) is 6.18. The molecule has 0 bridgehead atoms. The summed E-state index contributed by atoms with van der Waals surface area (Å²) in [6.45, 7) is 5.27. The molecule has 0 unspecified atom stereocenters. The molecule has 4 rings (SSSR count). The molecule has 0 aliphatic heterocycles. The van der Waals surface area contributed by atoms with Gasteiger partial charge in [0.05, 0.1) is 6.61 Å². The fourth-order valence-electron chi connectivity index (χ4n) is 4.33. The molecule has 0 saturated carbocycles. The Morgan fingerprint density at radius 2 is 1.74 bits per heavy atom. The average Bonchev–Trinajstić information content (AvgIpc) is 3.26. The van der Waals surface area contributed by atoms with Gasteiger partial charge < -0.3 is 24.1 Å². The highest BCUT2D eigenvalue weighted by molar-refractivity contribution is 5.87. The summed E-state index contributed by atoms with van der Waals surface area (Å²) in [6, 6.07) is 22.0. The molecule has 0 amide bonds. The summed E-state index contributed by atoms with van der Waals surface area (Å²) in [5.74, 6) is 1.04. The zero-order valence-corrected chi connectivity index (χ0v) is 21.9. The molecule has 0 fully saturated rings. The van der Waals surface area contributed by atoms with Crippen LogP contribution in [0, 0.1) is 13.8 Å². The van der Waals surface area contributed by atoms with Crippen molar-refractivity contribution in [3.8, 4) is 11.5 Å². The lowest BCUT2D eigenvalue weighted by atomic mass is 9.96. The van der Waals surface area contributed by atoms with Gasteiger partial charge in [0, 0.05) is 18.5 Å². The Morgan fingerprint density at radius 3 is 2.45 bits per heavy atom. The van der Waals surface area contributed by atoms with Crippen LogP contribution in [-0.2, 0) is 11.3 Å². The van der Waals surface area contributed by atoms with Crippen molar-refractivity contribution in [3.63, 3.8) is 0 Å². The Bertz CT molecular complexity index is 1420. The molecule has 0 atom stereocenters. The molecule has 7 heteroatoms. The van der Waals surface area contributed by atoms with E-state index < -0.39 is 5.97 Å². The summed E-state index contributed by atoms with van der Waals surface area (Å²) in [6.07, 6.45) is 2.06. The highest BCUT2D eigenvalue weighted by atomic mass is 16.5. The van der Waals surface area contributed by atoms with Gasteiger partial charge in [0.2, 0.25) is 0 Å². The van der Waals surface area contributed by atoms with Gasteiger partial charge >= 0.3 is 5.97 Å². The van der Waals surface area contributed by atoms with E-state index in [4.69, 9.17) is 19.0 Å². The number of aliphatic hydroxyl groups excluding tert-OH is 1. The number of hydrogen-bond acceptors (Lipinski definition) is 6. The maximum atomic E-state index is 10.8. The molecule has 4 aromatic rings. The summed E-state index contributed by atoms with van der Waals surface area (Å²) >= 11 is 0. The first-order chi connectivity index (χ1) is 18.3. The van der Waals surface area contributed by atoms with Crippen LogP contribution in [0.1, 0.15) is 28.0 Å².